The minimum Gasteiger partial charge on any atom is -0.326 e. The van der Waals surface area contributed by atoms with Crippen LogP contribution in [0.15, 0.2) is 0 Å². The molecule has 0 amide bonds. The van der Waals surface area contributed by atoms with Crippen molar-refractivity contribution in [3.05, 3.63) is 0 Å². The fourth-order valence-electron chi connectivity index (χ4n) is 1.84. The second-order valence-electron chi connectivity index (χ2n) is 5.12. The summed E-state index contributed by atoms with van der Waals surface area (Å²) in [5, 5.41) is 0. The molecule has 0 bridgehead atoms. The molecule has 0 aliphatic heterocycles. The number of halogens is 3. The summed E-state index contributed by atoms with van der Waals surface area (Å²) in [5.41, 5.74) is 5.74. The quantitative estimate of drug-likeness (QED) is 0.605. The molecule has 0 radical (unpaired) electrons. The summed E-state index contributed by atoms with van der Waals surface area (Å²) in [6.45, 7) is 8.18. The van der Waals surface area contributed by atoms with Crippen molar-refractivity contribution in [2.45, 2.75) is 45.7 Å². The van der Waals surface area contributed by atoms with Gasteiger partial charge in [-0.3, -0.25) is 0 Å². The summed E-state index contributed by atoms with van der Waals surface area (Å²) in [6.07, 6.45) is 0.862. The molecule has 0 aromatic heterocycles. The van der Waals surface area contributed by atoms with Crippen LogP contribution in [0.2, 0.25) is 6.04 Å². The first-order valence-corrected chi connectivity index (χ1v) is 9.51. The molecular weight excluding hydrogens is 245 g/mol. The minimum atomic E-state index is -2.53. The molecule has 2 N–H and O–H groups in total. The summed E-state index contributed by atoms with van der Waals surface area (Å²) in [5.74, 6) is 0. The third kappa shape index (κ3) is 9.35. The van der Waals surface area contributed by atoms with Crippen LogP contribution in [0, 0.1) is 5.41 Å². The SMILES string of the molecule is CC(C)(N)CC(C)(C)C[Si](Cl)(Cl)Cl. The lowest BCUT2D eigenvalue weighted by molar-refractivity contribution is 0.286. The Morgan fingerprint density at radius 1 is 1.08 bits per heavy atom. The van der Waals surface area contributed by atoms with Gasteiger partial charge in [0, 0.05) is 5.54 Å². The highest BCUT2D eigenvalue weighted by Crippen LogP contribution is 2.40. The van der Waals surface area contributed by atoms with Gasteiger partial charge in [-0.05, 0) is 31.7 Å². The zero-order valence-electron chi connectivity index (χ0n) is 8.63. The smallest absolute Gasteiger partial charge is 0.326 e. The minimum absolute atomic E-state index is 0.00965. The molecule has 0 fully saturated rings. The van der Waals surface area contributed by atoms with Crippen molar-refractivity contribution in [2.75, 3.05) is 0 Å². The zero-order valence-corrected chi connectivity index (χ0v) is 11.9. The molecule has 13 heavy (non-hydrogen) atoms. The van der Waals surface area contributed by atoms with Gasteiger partial charge < -0.3 is 5.73 Å². The molecule has 0 aromatic rings. The predicted octanol–water partition coefficient (Wildman–Crippen LogP) is 3.80. The fraction of sp³-hybridized carbons (Fsp3) is 1.00. The van der Waals surface area contributed by atoms with E-state index in [0.717, 1.165) is 6.42 Å². The van der Waals surface area contributed by atoms with Crippen LogP contribution in [-0.4, -0.2) is 11.5 Å². The summed E-state index contributed by atoms with van der Waals surface area (Å²) >= 11 is 17.6. The van der Waals surface area contributed by atoms with Gasteiger partial charge >= 0.3 is 6.00 Å². The van der Waals surface area contributed by atoms with Gasteiger partial charge in [0.05, 0.1) is 0 Å². The van der Waals surface area contributed by atoms with Gasteiger partial charge in [-0.15, -0.1) is 33.2 Å². The molecule has 0 rings (SSSR count). The predicted molar refractivity (Wildman–Crippen MR) is 64.8 cm³/mol. The molecule has 0 aliphatic carbocycles. The summed E-state index contributed by atoms with van der Waals surface area (Å²) in [6, 6.07) is -1.87. The normalized spacial score (nSPS) is 14.8. The van der Waals surface area contributed by atoms with E-state index in [1.807, 2.05) is 13.8 Å². The topological polar surface area (TPSA) is 26.0 Å². The van der Waals surface area contributed by atoms with Crippen molar-refractivity contribution in [3.63, 3.8) is 0 Å². The van der Waals surface area contributed by atoms with Crippen molar-refractivity contribution >= 4 is 39.2 Å². The first kappa shape index (κ1) is 14.0. The van der Waals surface area contributed by atoms with E-state index in [4.69, 9.17) is 39.0 Å². The van der Waals surface area contributed by atoms with E-state index in [1.54, 1.807) is 0 Å². The van der Waals surface area contributed by atoms with Crippen molar-refractivity contribution in [1.29, 1.82) is 0 Å². The van der Waals surface area contributed by atoms with E-state index in [1.165, 1.54) is 0 Å². The number of nitrogens with two attached hydrogens (primary N) is 1. The van der Waals surface area contributed by atoms with Gasteiger partial charge in [0.25, 0.3) is 0 Å². The van der Waals surface area contributed by atoms with Crippen LogP contribution in [0.5, 0.6) is 0 Å². The Labute approximate surface area is 96.0 Å². The van der Waals surface area contributed by atoms with E-state index >= 15 is 0 Å². The summed E-state index contributed by atoms with van der Waals surface area (Å²) < 4.78 is 0. The molecular formula is C8H18Cl3NSi. The molecule has 0 unspecified atom stereocenters. The van der Waals surface area contributed by atoms with Gasteiger partial charge in [-0.1, -0.05) is 13.8 Å². The maximum absolute atomic E-state index is 5.93. The van der Waals surface area contributed by atoms with Gasteiger partial charge in [0.1, 0.15) is 0 Å². The average molecular weight is 263 g/mol. The third-order valence-electron chi connectivity index (χ3n) is 1.61. The van der Waals surface area contributed by atoms with Gasteiger partial charge in [0.15, 0.2) is 0 Å². The molecule has 0 saturated heterocycles. The van der Waals surface area contributed by atoms with Crippen molar-refractivity contribution < 1.29 is 0 Å². The third-order valence-corrected chi connectivity index (χ3v) is 4.17. The van der Waals surface area contributed by atoms with E-state index in [2.05, 4.69) is 13.8 Å². The van der Waals surface area contributed by atoms with Crippen LogP contribution >= 0.6 is 33.2 Å². The highest BCUT2D eigenvalue weighted by Gasteiger charge is 2.36. The second-order valence-corrected chi connectivity index (χ2v) is 14.3. The van der Waals surface area contributed by atoms with Crippen molar-refractivity contribution in [1.82, 2.24) is 0 Å². The Bertz CT molecular complexity index is 151. The highest BCUT2D eigenvalue weighted by atomic mass is 35.8. The Hall–Kier alpha value is 1.05. The highest BCUT2D eigenvalue weighted by molar-refractivity contribution is 7.64. The lowest BCUT2D eigenvalue weighted by atomic mass is 9.82. The molecule has 0 spiro atoms. The van der Waals surface area contributed by atoms with Crippen LogP contribution in [-0.2, 0) is 0 Å². The summed E-state index contributed by atoms with van der Waals surface area (Å²) in [4.78, 5) is 0. The van der Waals surface area contributed by atoms with Gasteiger partial charge in [0.2, 0.25) is 0 Å². The Balaban J connectivity index is 4.25. The second kappa shape index (κ2) is 4.27. The maximum atomic E-state index is 5.93. The number of hydrogen-bond acceptors (Lipinski definition) is 1. The largest absolute Gasteiger partial charge is 0.341 e. The van der Waals surface area contributed by atoms with Crippen LogP contribution in [0.25, 0.3) is 0 Å². The Morgan fingerprint density at radius 2 is 1.46 bits per heavy atom. The van der Waals surface area contributed by atoms with Crippen molar-refractivity contribution in [2.24, 2.45) is 11.1 Å². The molecule has 1 nitrogen and oxygen atoms in total. The molecule has 0 atom stereocenters. The van der Waals surface area contributed by atoms with E-state index in [-0.39, 0.29) is 11.0 Å². The Morgan fingerprint density at radius 3 is 1.69 bits per heavy atom. The lowest BCUT2D eigenvalue weighted by Crippen LogP contribution is -2.38. The van der Waals surface area contributed by atoms with Crippen molar-refractivity contribution in [3.8, 4) is 0 Å². The van der Waals surface area contributed by atoms with E-state index in [0.29, 0.717) is 6.04 Å². The fourth-order valence-corrected chi connectivity index (χ4v) is 6.30. The molecule has 0 aromatic carbocycles. The van der Waals surface area contributed by atoms with E-state index in [9.17, 15) is 0 Å². The zero-order chi connectivity index (χ0) is 10.9. The van der Waals surface area contributed by atoms with Gasteiger partial charge in [-0.2, -0.15) is 0 Å². The first-order chi connectivity index (χ1) is 5.41. The molecule has 5 heteroatoms. The summed E-state index contributed by atoms with van der Waals surface area (Å²) in [7, 11) is 0. The lowest BCUT2D eigenvalue weighted by Gasteiger charge is -2.33. The maximum Gasteiger partial charge on any atom is 0.341 e. The number of rotatable bonds is 4. The van der Waals surface area contributed by atoms with Crippen LogP contribution in [0.3, 0.4) is 0 Å². The number of hydrogen-bond donors (Lipinski definition) is 1. The molecule has 0 heterocycles. The molecule has 0 saturated carbocycles. The Kier molecular flexibility index (Phi) is 4.62. The average Bonchev–Trinajstić information content (AvgIpc) is 1.43. The molecule has 0 aliphatic rings. The van der Waals surface area contributed by atoms with Gasteiger partial charge in [-0.25, -0.2) is 0 Å². The van der Waals surface area contributed by atoms with Crippen LogP contribution < -0.4 is 5.73 Å². The molecule has 80 valence electrons. The standard InChI is InChI=1S/C8H18Cl3NSi/c1-7(2,5-8(3,4)12)6-13(9,10)11/h5-6,12H2,1-4H3. The monoisotopic (exact) mass is 261 g/mol. The first-order valence-electron chi connectivity index (χ1n) is 4.27. The van der Waals surface area contributed by atoms with Crippen LogP contribution in [0.4, 0.5) is 0 Å². The van der Waals surface area contributed by atoms with Crippen LogP contribution in [0.1, 0.15) is 34.1 Å². The van der Waals surface area contributed by atoms with E-state index < -0.39 is 6.00 Å².